The molecule has 1 heterocycles. The Bertz CT molecular complexity index is 385. The standard InChI is InChI=1S/C15H26N2OS/c1-3-12-7-8-13(19-12)11-14(17-16)15(18-4-2)9-5-6-10-15/h7-8,14,17H,3-6,9-11,16H2,1-2H3. The summed E-state index contributed by atoms with van der Waals surface area (Å²) >= 11 is 1.90. The van der Waals surface area contributed by atoms with Crippen molar-refractivity contribution < 1.29 is 4.74 Å². The Balaban J connectivity index is 2.09. The van der Waals surface area contributed by atoms with E-state index in [1.54, 1.807) is 0 Å². The quantitative estimate of drug-likeness (QED) is 0.597. The Morgan fingerprint density at radius 2 is 2.00 bits per heavy atom. The van der Waals surface area contributed by atoms with Crippen LogP contribution in [-0.2, 0) is 17.6 Å². The molecule has 1 aliphatic carbocycles. The van der Waals surface area contributed by atoms with E-state index in [1.807, 2.05) is 11.3 Å². The van der Waals surface area contributed by atoms with Crippen molar-refractivity contribution in [1.82, 2.24) is 5.43 Å². The van der Waals surface area contributed by atoms with Crippen LogP contribution in [0.5, 0.6) is 0 Å². The third-order valence-corrected chi connectivity index (χ3v) is 5.44. The first kappa shape index (κ1) is 15.0. The Morgan fingerprint density at radius 1 is 1.32 bits per heavy atom. The predicted octanol–water partition coefficient (Wildman–Crippen LogP) is 3.03. The molecular formula is C15H26N2OS. The molecule has 4 heteroatoms. The van der Waals surface area contributed by atoms with Gasteiger partial charge >= 0.3 is 0 Å². The van der Waals surface area contributed by atoms with Gasteiger partial charge in [0.05, 0.1) is 11.6 Å². The molecule has 1 aromatic heterocycles. The van der Waals surface area contributed by atoms with Crippen LogP contribution in [0.1, 0.15) is 49.3 Å². The van der Waals surface area contributed by atoms with Crippen LogP contribution in [0.15, 0.2) is 12.1 Å². The highest BCUT2D eigenvalue weighted by atomic mass is 32.1. The number of ether oxygens (including phenoxy) is 1. The Labute approximate surface area is 120 Å². The van der Waals surface area contributed by atoms with Gasteiger partial charge in [-0.15, -0.1) is 11.3 Å². The van der Waals surface area contributed by atoms with Crippen LogP contribution < -0.4 is 11.3 Å². The summed E-state index contributed by atoms with van der Waals surface area (Å²) in [6, 6.07) is 4.69. The number of nitrogens with two attached hydrogens (primary N) is 1. The van der Waals surface area contributed by atoms with E-state index in [0.717, 1.165) is 32.3 Å². The lowest BCUT2D eigenvalue weighted by Crippen LogP contribution is -2.54. The van der Waals surface area contributed by atoms with Crippen molar-refractivity contribution in [3.8, 4) is 0 Å². The van der Waals surface area contributed by atoms with E-state index in [4.69, 9.17) is 10.6 Å². The van der Waals surface area contributed by atoms with E-state index >= 15 is 0 Å². The van der Waals surface area contributed by atoms with Gasteiger partial charge in [0, 0.05) is 22.8 Å². The van der Waals surface area contributed by atoms with Crippen LogP contribution in [0.2, 0.25) is 0 Å². The molecule has 1 unspecified atom stereocenters. The fourth-order valence-electron chi connectivity index (χ4n) is 3.17. The first-order valence-electron chi connectivity index (χ1n) is 7.41. The van der Waals surface area contributed by atoms with Crippen LogP contribution in [0.3, 0.4) is 0 Å². The smallest absolute Gasteiger partial charge is 0.0851 e. The molecule has 0 bridgehead atoms. The van der Waals surface area contributed by atoms with Gasteiger partial charge in [-0.25, -0.2) is 0 Å². The van der Waals surface area contributed by atoms with Gasteiger partial charge in [-0.1, -0.05) is 19.8 Å². The first-order valence-corrected chi connectivity index (χ1v) is 8.23. The molecule has 0 aromatic carbocycles. The summed E-state index contributed by atoms with van der Waals surface area (Å²) in [5.41, 5.74) is 2.97. The van der Waals surface area contributed by atoms with Crippen LogP contribution >= 0.6 is 11.3 Å². The summed E-state index contributed by atoms with van der Waals surface area (Å²) in [6.07, 6.45) is 6.85. The molecule has 19 heavy (non-hydrogen) atoms. The third kappa shape index (κ3) is 3.37. The molecule has 0 aliphatic heterocycles. The van der Waals surface area contributed by atoms with Gasteiger partial charge in [-0.3, -0.25) is 11.3 Å². The number of nitrogens with one attached hydrogen (secondary N) is 1. The summed E-state index contributed by atoms with van der Waals surface area (Å²) in [7, 11) is 0. The summed E-state index contributed by atoms with van der Waals surface area (Å²) in [5, 5.41) is 0. The highest BCUT2D eigenvalue weighted by Gasteiger charge is 2.41. The third-order valence-electron chi connectivity index (χ3n) is 4.19. The lowest BCUT2D eigenvalue weighted by Gasteiger charge is -2.37. The van der Waals surface area contributed by atoms with Gasteiger partial charge in [0.1, 0.15) is 0 Å². The zero-order valence-electron chi connectivity index (χ0n) is 12.1. The molecule has 1 aliphatic rings. The fraction of sp³-hybridized carbons (Fsp3) is 0.733. The summed E-state index contributed by atoms with van der Waals surface area (Å²) in [5.74, 6) is 5.83. The van der Waals surface area contributed by atoms with Crippen molar-refractivity contribution >= 4 is 11.3 Å². The maximum Gasteiger partial charge on any atom is 0.0851 e. The Kier molecular flexibility index (Phi) is 5.39. The molecule has 0 spiro atoms. The van der Waals surface area contributed by atoms with Crippen molar-refractivity contribution in [2.75, 3.05) is 6.61 Å². The van der Waals surface area contributed by atoms with Gasteiger partial charge in [0.25, 0.3) is 0 Å². The van der Waals surface area contributed by atoms with Crippen LogP contribution in [-0.4, -0.2) is 18.2 Å². The molecule has 0 saturated heterocycles. The SMILES string of the molecule is CCOC1(C(Cc2ccc(CC)s2)NN)CCCC1. The molecule has 1 saturated carbocycles. The molecule has 1 aromatic rings. The predicted molar refractivity (Wildman–Crippen MR) is 81.3 cm³/mol. The minimum absolute atomic E-state index is 0.0557. The van der Waals surface area contributed by atoms with E-state index in [9.17, 15) is 0 Å². The number of aryl methyl sites for hydroxylation is 1. The molecule has 0 amide bonds. The highest BCUT2D eigenvalue weighted by molar-refractivity contribution is 7.11. The van der Waals surface area contributed by atoms with Crippen molar-refractivity contribution in [3.05, 3.63) is 21.9 Å². The lowest BCUT2D eigenvalue weighted by atomic mass is 9.89. The molecule has 2 rings (SSSR count). The minimum Gasteiger partial charge on any atom is -0.374 e. The van der Waals surface area contributed by atoms with E-state index in [1.165, 1.54) is 22.6 Å². The Morgan fingerprint density at radius 3 is 2.53 bits per heavy atom. The van der Waals surface area contributed by atoms with Gasteiger partial charge in [-0.05, 0) is 38.3 Å². The highest BCUT2D eigenvalue weighted by Crippen LogP contribution is 2.37. The number of rotatable bonds is 7. The fourth-order valence-corrected chi connectivity index (χ4v) is 4.18. The van der Waals surface area contributed by atoms with Gasteiger partial charge in [0.15, 0.2) is 0 Å². The van der Waals surface area contributed by atoms with E-state index < -0.39 is 0 Å². The second kappa shape index (κ2) is 6.84. The Hall–Kier alpha value is -0.420. The van der Waals surface area contributed by atoms with Crippen molar-refractivity contribution in [1.29, 1.82) is 0 Å². The summed E-state index contributed by atoms with van der Waals surface area (Å²) in [4.78, 5) is 2.86. The molecule has 3 N–H and O–H groups in total. The average molecular weight is 282 g/mol. The van der Waals surface area contributed by atoms with Crippen molar-refractivity contribution in [2.45, 2.75) is 64.0 Å². The second-order valence-corrected chi connectivity index (χ2v) is 6.60. The molecule has 0 radical (unpaired) electrons. The number of hydrogen-bond donors (Lipinski definition) is 2. The topological polar surface area (TPSA) is 47.3 Å². The van der Waals surface area contributed by atoms with Crippen LogP contribution in [0.4, 0.5) is 0 Å². The normalized spacial score (nSPS) is 19.7. The van der Waals surface area contributed by atoms with Crippen LogP contribution in [0.25, 0.3) is 0 Å². The first-order chi connectivity index (χ1) is 9.24. The maximum absolute atomic E-state index is 6.11. The van der Waals surface area contributed by atoms with Gasteiger partial charge < -0.3 is 4.74 Å². The zero-order valence-corrected chi connectivity index (χ0v) is 12.9. The maximum atomic E-state index is 6.11. The largest absolute Gasteiger partial charge is 0.374 e. The number of hydrogen-bond acceptors (Lipinski definition) is 4. The van der Waals surface area contributed by atoms with Gasteiger partial charge in [0.2, 0.25) is 0 Å². The number of thiophene rings is 1. The summed E-state index contributed by atoms with van der Waals surface area (Å²) in [6.45, 7) is 5.05. The van der Waals surface area contributed by atoms with E-state index in [0.29, 0.717) is 0 Å². The average Bonchev–Trinajstić information content (AvgIpc) is 3.05. The molecule has 108 valence electrons. The minimum atomic E-state index is -0.0557. The number of hydrazine groups is 1. The van der Waals surface area contributed by atoms with E-state index in [-0.39, 0.29) is 11.6 Å². The van der Waals surface area contributed by atoms with Crippen molar-refractivity contribution in [3.63, 3.8) is 0 Å². The second-order valence-electron chi connectivity index (χ2n) is 5.35. The van der Waals surface area contributed by atoms with Crippen LogP contribution in [0, 0.1) is 0 Å². The van der Waals surface area contributed by atoms with Gasteiger partial charge in [-0.2, -0.15) is 0 Å². The molecular weight excluding hydrogens is 256 g/mol. The van der Waals surface area contributed by atoms with Crippen molar-refractivity contribution in [2.24, 2.45) is 5.84 Å². The summed E-state index contributed by atoms with van der Waals surface area (Å²) < 4.78 is 6.11. The molecule has 3 nitrogen and oxygen atoms in total. The monoisotopic (exact) mass is 282 g/mol. The van der Waals surface area contributed by atoms with E-state index in [2.05, 4.69) is 31.4 Å². The zero-order chi connectivity index (χ0) is 13.7. The molecule has 1 atom stereocenters. The molecule has 1 fully saturated rings. The lowest BCUT2D eigenvalue weighted by molar-refractivity contribution is -0.0611.